The van der Waals surface area contributed by atoms with Crippen molar-refractivity contribution >= 4 is 60.5 Å². The van der Waals surface area contributed by atoms with Crippen LogP contribution >= 0.6 is 50.5 Å². The van der Waals surface area contributed by atoms with Gasteiger partial charge in [0.25, 0.3) is 0 Å². The summed E-state index contributed by atoms with van der Waals surface area (Å²) < 4.78 is 27.4. The Balaban J connectivity index is 2.22. The van der Waals surface area contributed by atoms with E-state index in [1.165, 1.54) is 6.07 Å². The van der Waals surface area contributed by atoms with Gasteiger partial charge in [-0.1, -0.05) is 45.6 Å². The molecule has 8 heteroatoms. The zero-order valence-electron chi connectivity index (χ0n) is 8.62. The molecule has 1 heterocycles. The Morgan fingerprint density at radius 3 is 2.59 bits per heavy atom. The fourth-order valence-corrected chi connectivity index (χ4v) is 6.17. The summed E-state index contributed by atoms with van der Waals surface area (Å²) in [6, 6.07) is 1.31. The van der Waals surface area contributed by atoms with Gasteiger partial charge >= 0.3 is 0 Å². The van der Waals surface area contributed by atoms with E-state index in [1.54, 1.807) is 0 Å². The summed E-state index contributed by atoms with van der Waals surface area (Å²) in [4.78, 5) is 0.255. The van der Waals surface area contributed by atoms with E-state index in [-0.39, 0.29) is 20.1 Å². The van der Waals surface area contributed by atoms with Crippen molar-refractivity contribution < 1.29 is 8.42 Å². The summed E-state index contributed by atoms with van der Waals surface area (Å²) in [5.74, 6) is 0. The molecule has 2 rings (SSSR count). The molecular weight excluding hydrogens is 369 g/mol. The first-order chi connectivity index (χ1) is 7.90. The fourth-order valence-electron chi connectivity index (χ4n) is 1.82. The van der Waals surface area contributed by atoms with Crippen LogP contribution in [0.3, 0.4) is 0 Å². The molecule has 0 aliphatic heterocycles. The van der Waals surface area contributed by atoms with Gasteiger partial charge in [-0.15, -0.1) is 11.3 Å². The van der Waals surface area contributed by atoms with Crippen molar-refractivity contribution in [3.8, 4) is 0 Å². The van der Waals surface area contributed by atoms with Gasteiger partial charge in [-0.3, -0.25) is 0 Å². The Kier molecular flexibility index (Phi) is 4.43. The molecule has 3 nitrogen and oxygen atoms in total. The second-order valence-electron chi connectivity index (χ2n) is 3.86. The predicted molar refractivity (Wildman–Crippen MR) is 75.0 cm³/mol. The van der Waals surface area contributed by atoms with Crippen LogP contribution in [-0.2, 0) is 10.0 Å². The van der Waals surface area contributed by atoms with E-state index in [9.17, 15) is 8.42 Å². The second-order valence-corrected chi connectivity index (χ2v) is 9.01. The number of rotatable bonds is 3. The Morgan fingerprint density at radius 1 is 1.41 bits per heavy atom. The zero-order chi connectivity index (χ0) is 12.6. The molecule has 0 spiro atoms. The molecule has 1 fully saturated rings. The average molecular weight is 379 g/mol. The first-order valence-corrected chi connectivity index (χ1v) is 8.98. The molecule has 0 saturated heterocycles. The van der Waals surface area contributed by atoms with E-state index in [0.29, 0.717) is 4.34 Å². The van der Waals surface area contributed by atoms with Crippen molar-refractivity contribution in [3.63, 3.8) is 0 Å². The largest absolute Gasteiger partial charge is 0.243 e. The number of hydrogen-bond acceptors (Lipinski definition) is 3. The van der Waals surface area contributed by atoms with Crippen molar-refractivity contribution in [2.75, 3.05) is 0 Å². The number of alkyl halides is 1. The molecule has 2 unspecified atom stereocenters. The van der Waals surface area contributed by atoms with Gasteiger partial charge in [0.05, 0.1) is 4.34 Å². The number of sulfonamides is 1. The van der Waals surface area contributed by atoms with E-state index in [2.05, 4.69) is 20.7 Å². The van der Waals surface area contributed by atoms with Crippen molar-refractivity contribution in [2.24, 2.45) is 0 Å². The van der Waals surface area contributed by atoms with Crippen molar-refractivity contribution in [1.82, 2.24) is 4.72 Å². The third kappa shape index (κ3) is 3.16. The van der Waals surface area contributed by atoms with Crippen LogP contribution in [0.1, 0.15) is 19.3 Å². The van der Waals surface area contributed by atoms with Crippen LogP contribution in [0.4, 0.5) is 0 Å². The minimum atomic E-state index is -3.57. The molecule has 0 radical (unpaired) electrons. The highest BCUT2D eigenvalue weighted by Gasteiger charge is 2.31. The summed E-state index contributed by atoms with van der Waals surface area (Å²) in [6.45, 7) is 0. The van der Waals surface area contributed by atoms with Gasteiger partial charge in [0.1, 0.15) is 9.23 Å². The van der Waals surface area contributed by atoms with Gasteiger partial charge in [-0.2, -0.15) is 0 Å². The van der Waals surface area contributed by atoms with Crippen LogP contribution in [0.5, 0.6) is 0 Å². The van der Waals surface area contributed by atoms with E-state index in [1.807, 2.05) is 0 Å². The van der Waals surface area contributed by atoms with Crippen molar-refractivity contribution in [2.45, 2.75) is 35.0 Å². The number of nitrogens with one attached hydrogen (secondary N) is 1. The number of halogens is 3. The lowest BCUT2D eigenvalue weighted by Crippen LogP contribution is -2.37. The molecule has 17 heavy (non-hydrogen) atoms. The van der Waals surface area contributed by atoms with Gasteiger partial charge in [0.15, 0.2) is 0 Å². The third-order valence-corrected chi connectivity index (χ3v) is 6.99. The highest BCUT2D eigenvalue weighted by atomic mass is 79.9. The molecule has 0 bridgehead atoms. The smallest absolute Gasteiger partial charge is 0.207 e. The number of hydrogen-bond donors (Lipinski definition) is 1. The molecular formula is C9H10BrCl2NO2S2. The first-order valence-electron chi connectivity index (χ1n) is 5.01. The lowest BCUT2D eigenvalue weighted by molar-refractivity contribution is 0.557. The Labute approximate surface area is 123 Å². The summed E-state index contributed by atoms with van der Waals surface area (Å²) in [5, 5.41) is 0. The fraction of sp³-hybridized carbons (Fsp3) is 0.556. The maximum absolute atomic E-state index is 12.1. The minimum absolute atomic E-state index is 0.0702. The average Bonchev–Trinajstić information content (AvgIpc) is 2.74. The van der Waals surface area contributed by atoms with E-state index < -0.39 is 10.0 Å². The summed E-state index contributed by atoms with van der Waals surface area (Å²) >= 11 is 16.1. The van der Waals surface area contributed by atoms with E-state index in [0.717, 1.165) is 30.6 Å². The van der Waals surface area contributed by atoms with Crippen LogP contribution in [0.2, 0.25) is 8.67 Å². The van der Waals surface area contributed by atoms with Gasteiger partial charge < -0.3 is 0 Å². The van der Waals surface area contributed by atoms with Gasteiger partial charge in [-0.25, -0.2) is 13.1 Å². The van der Waals surface area contributed by atoms with Crippen LogP contribution in [0.15, 0.2) is 11.0 Å². The quantitative estimate of drug-likeness (QED) is 0.816. The highest BCUT2D eigenvalue weighted by Crippen LogP contribution is 2.35. The molecule has 1 N–H and O–H groups in total. The maximum Gasteiger partial charge on any atom is 0.243 e. The monoisotopic (exact) mass is 377 g/mol. The van der Waals surface area contributed by atoms with E-state index in [4.69, 9.17) is 23.2 Å². The zero-order valence-corrected chi connectivity index (χ0v) is 13.4. The summed E-state index contributed by atoms with van der Waals surface area (Å²) in [7, 11) is -3.57. The molecule has 96 valence electrons. The van der Waals surface area contributed by atoms with Crippen molar-refractivity contribution in [3.05, 3.63) is 14.7 Å². The number of thiophene rings is 1. The molecule has 1 saturated carbocycles. The summed E-state index contributed by atoms with van der Waals surface area (Å²) in [5.41, 5.74) is 0. The second kappa shape index (κ2) is 5.35. The molecule has 1 aliphatic carbocycles. The lowest BCUT2D eigenvalue weighted by atomic mass is 10.3. The van der Waals surface area contributed by atoms with Crippen molar-refractivity contribution in [1.29, 1.82) is 0 Å². The van der Waals surface area contributed by atoms with Gasteiger partial charge in [-0.05, 0) is 18.9 Å². The Morgan fingerprint density at radius 2 is 2.12 bits per heavy atom. The Hall–Kier alpha value is 0.670. The Bertz CT molecular complexity index is 517. The molecule has 1 aliphatic rings. The maximum atomic E-state index is 12.1. The van der Waals surface area contributed by atoms with Crippen LogP contribution in [0.25, 0.3) is 0 Å². The molecule has 1 aromatic rings. The lowest BCUT2D eigenvalue weighted by Gasteiger charge is -2.15. The van der Waals surface area contributed by atoms with Crippen LogP contribution in [-0.4, -0.2) is 19.3 Å². The van der Waals surface area contributed by atoms with Gasteiger partial charge in [0.2, 0.25) is 10.0 Å². The molecule has 1 aromatic heterocycles. The summed E-state index contributed by atoms with van der Waals surface area (Å²) in [6.07, 6.45) is 2.83. The normalized spacial score (nSPS) is 25.4. The topological polar surface area (TPSA) is 46.2 Å². The predicted octanol–water partition coefficient (Wildman–Crippen LogP) is 3.65. The minimum Gasteiger partial charge on any atom is -0.207 e. The molecule has 0 amide bonds. The SMILES string of the molecule is O=S(=O)(NC1CCCC1Br)c1cc(Cl)sc1Cl. The van der Waals surface area contributed by atoms with E-state index >= 15 is 0 Å². The first kappa shape index (κ1) is 14.1. The third-order valence-electron chi connectivity index (χ3n) is 2.65. The standard InChI is InChI=1S/C9H10BrCl2NO2S2/c10-5-2-1-3-6(5)13-17(14,15)7-4-8(11)16-9(7)12/h4-6,13H,1-3H2. The van der Waals surface area contributed by atoms with Crippen LogP contribution < -0.4 is 4.72 Å². The molecule has 2 atom stereocenters. The van der Waals surface area contributed by atoms with Crippen LogP contribution in [0, 0.1) is 0 Å². The molecule has 0 aromatic carbocycles. The van der Waals surface area contributed by atoms with Gasteiger partial charge in [0, 0.05) is 10.9 Å². The highest BCUT2D eigenvalue weighted by molar-refractivity contribution is 9.09.